The first-order chi connectivity index (χ1) is 8.56. The molecule has 1 aliphatic rings. The minimum Gasteiger partial charge on any atom is -0.478 e. The van der Waals surface area contributed by atoms with E-state index >= 15 is 0 Å². The molecule has 2 heterocycles. The molecule has 100 valence electrons. The Hall–Kier alpha value is -1.29. The van der Waals surface area contributed by atoms with Gasteiger partial charge in [0, 0.05) is 0 Å². The predicted molar refractivity (Wildman–Crippen MR) is 68.7 cm³/mol. The Labute approximate surface area is 108 Å². The molecule has 0 radical (unpaired) electrons. The van der Waals surface area contributed by atoms with E-state index in [1.165, 1.54) is 19.3 Å². The van der Waals surface area contributed by atoms with Gasteiger partial charge in [-0.05, 0) is 51.3 Å². The second-order valence-corrected chi connectivity index (χ2v) is 5.30. The molecule has 1 aromatic rings. The highest BCUT2D eigenvalue weighted by atomic mass is 16.4. The number of carbonyl (C=O) groups is 1. The summed E-state index contributed by atoms with van der Waals surface area (Å²) in [4.78, 5) is 13.3. The number of carboxylic acid groups (broad SMARTS) is 1. The normalized spacial score (nSPS) is 21.8. The van der Waals surface area contributed by atoms with Crippen molar-refractivity contribution in [1.29, 1.82) is 0 Å². The zero-order valence-corrected chi connectivity index (χ0v) is 11.1. The lowest BCUT2D eigenvalue weighted by molar-refractivity contribution is 0.0695. The summed E-state index contributed by atoms with van der Waals surface area (Å²) in [7, 11) is 0. The third kappa shape index (κ3) is 3.13. The van der Waals surface area contributed by atoms with Crippen LogP contribution >= 0.6 is 0 Å². The van der Waals surface area contributed by atoms with Crippen molar-refractivity contribution in [3.63, 3.8) is 0 Å². The Morgan fingerprint density at radius 2 is 2.28 bits per heavy atom. The Morgan fingerprint density at radius 1 is 1.50 bits per heavy atom. The third-order valence-electron chi connectivity index (χ3n) is 3.69. The minimum absolute atomic E-state index is 0.285. The van der Waals surface area contributed by atoms with Crippen LogP contribution in [0.1, 0.15) is 48.1 Å². The van der Waals surface area contributed by atoms with E-state index < -0.39 is 5.97 Å². The maximum Gasteiger partial charge on any atom is 0.339 e. The van der Waals surface area contributed by atoms with Crippen molar-refractivity contribution >= 4 is 5.97 Å². The van der Waals surface area contributed by atoms with Gasteiger partial charge in [-0.2, -0.15) is 0 Å². The Kier molecular flexibility index (Phi) is 4.07. The van der Waals surface area contributed by atoms with Crippen LogP contribution in [0.15, 0.2) is 10.5 Å². The summed E-state index contributed by atoms with van der Waals surface area (Å²) < 4.78 is 5.52. The zero-order valence-electron chi connectivity index (χ0n) is 11.1. The molecule has 18 heavy (non-hydrogen) atoms. The number of nitrogens with zero attached hydrogens (tertiary/aromatic N) is 1. The standard InChI is InChI=1S/C14H21NO3/c1-10-4-3-6-15(7-5-10)9-12-8-13(14(16)17)11(2)18-12/h8,10H,3-7,9H2,1-2H3,(H,16,17). The van der Waals surface area contributed by atoms with Gasteiger partial charge in [-0.1, -0.05) is 6.92 Å². The lowest BCUT2D eigenvalue weighted by Gasteiger charge is -2.18. The first-order valence-corrected chi connectivity index (χ1v) is 6.61. The number of rotatable bonds is 3. The molecule has 1 unspecified atom stereocenters. The molecule has 1 aliphatic heterocycles. The van der Waals surface area contributed by atoms with E-state index in [1.807, 2.05) is 0 Å². The Balaban J connectivity index is 2.00. The second-order valence-electron chi connectivity index (χ2n) is 5.30. The largest absolute Gasteiger partial charge is 0.478 e. The third-order valence-corrected chi connectivity index (χ3v) is 3.69. The Bertz CT molecular complexity index is 425. The summed E-state index contributed by atoms with van der Waals surface area (Å²) in [5.41, 5.74) is 0.285. The molecular weight excluding hydrogens is 230 g/mol. The van der Waals surface area contributed by atoms with Crippen molar-refractivity contribution < 1.29 is 14.3 Å². The molecule has 0 spiro atoms. The monoisotopic (exact) mass is 251 g/mol. The van der Waals surface area contributed by atoms with E-state index in [-0.39, 0.29) is 5.56 Å². The van der Waals surface area contributed by atoms with Crippen LogP contribution < -0.4 is 0 Å². The SMILES string of the molecule is Cc1oc(CN2CCCC(C)CC2)cc1C(=O)O. The second kappa shape index (κ2) is 5.57. The number of aromatic carboxylic acids is 1. The molecule has 0 amide bonds. The highest BCUT2D eigenvalue weighted by Crippen LogP contribution is 2.20. The highest BCUT2D eigenvalue weighted by Gasteiger charge is 2.18. The summed E-state index contributed by atoms with van der Waals surface area (Å²) >= 11 is 0. The molecule has 0 saturated carbocycles. The van der Waals surface area contributed by atoms with Crippen LogP contribution in [0.25, 0.3) is 0 Å². The van der Waals surface area contributed by atoms with E-state index in [2.05, 4.69) is 11.8 Å². The van der Waals surface area contributed by atoms with E-state index in [0.717, 1.165) is 31.3 Å². The van der Waals surface area contributed by atoms with E-state index in [4.69, 9.17) is 9.52 Å². The summed E-state index contributed by atoms with van der Waals surface area (Å²) in [6.45, 7) is 6.87. The van der Waals surface area contributed by atoms with Crippen LogP contribution in [0.2, 0.25) is 0 Å². The fourth-order valence-electron chi connectivity index (χ4n) is 2.53. The average molecular weight is 251 g/mol. The molecular formula is C14H21NO3. The first kappa shape index (κ1) is 13.1. The number of hydrogen-bond donors (Lipinski definition) is 1. The summed E-state index contributed by atoms with van der Waals surface area (Å²) in [6, 6.07) is 1.66. The van der Waals surface area contributed by atoms with Gasteiger partial charge in [0.1, 0.15) is 17.1 Å². The van der Waals surface area contributed by atoms with E-state index in [9.17, 15) is 4.79 Å². The van der Waals surface area contributed by atoms with Crippen LogP contribution in [0, 0.1) is 12.8 Å². The summed E-state index contributed by atoms with van der Waals surface area (Å²) in [5.74, 6) is 1.15. The van der Waals surface area contributed by atoms with Gasteiger partial charge >= 0.3 is 5.97 Å². The van der Waals surface area contributed by atoms with Crippen molar-refractivity contribution in [2.75, 3.05) is 13.1 Å². The molecule has 1 saturated heterocycles. The van der Waals surface area contributed by atoms with Gasteiger partial charge in [-0.25, -0.2) is 4.79 Å². The van der Waals surface area contributed by atoms with Crippen LogP contribution in [-0.2, 0) is 6.54 Å². The minimum atomic E-state index is -0.910. The van der Waals surface area contributed by atoms with Crippen molar-refractivity contribution in [2.24, 2.45) is 5.92 Å². The van der Waals surface area contributed by atoms with E-state index in [0.29, 0.717) is 5.76 Å². The van der Waals surface area contributed by atoms with Gasteiger partial charge in [0.2, 0.25) is 0 Å². The molecule has 1 atom stereocenters. The van der Waals surface area contributed by atoms with Gasteiger partial charge in [-0.3, -0.25) is 4.90 Å². The lowest BCUT2D eigenvalue weighted by Crippen LogP contribution is -2.23. The molecule has 4 nitrogen and oxygen atoms in total. The van der Waals surface area contributed by atoms with Crippen molar-refractivity contribution in [1.82, 2.24) is 4.90 Å². The van der Waals surface area contributed by atoms with E-state index in [1.54, 1.807) is 13.0 Å². The smallest absolute Gasteiger partial charge is 0.339 e. The van der Waals surface area contributed by atoms with Gasteiger partial charge in [0.15, 0.2) is 0 Å². The molecule has 4 heteroatoms. The van der Waals surface area contributed by atoms with Gasteiger partial charge in [0.05, 0.1) is 6.54 Å². The molecule has 0 aliphatic carbocycles. The van der Waals surface area contributed by atoms with Gasteiger partial charge in [-0.15, -0.1) is 0 Å². The average Bonchev–Trinajstić information content (AvgIpc) is 2.54. The summed E-state index contributed by atoms with van der Waals surface area (Å²) in [5, 5.41) is 8.99. The van der Waals surface area contributed by atoms with Crippen LogP contribution in [0.3, 0.4) is 0 Å². The van der Waals surface area contributed by atoms with Crippen LogP contribution in [0.4, 0.5) is 0 Å². The molecule has 1 fully saturated rings. The topological polar surface area (TPSA) is 53.7 Å². The van der Waals surface area contributed by atoms with Gasteiger partial charge in [0.25, 0.3) is 0 Å². The van der Waals surface area contributed by atoms with Gasteiger partial charge < -0.3 is 9.52 Å². The molecule has 1 N–H and O–H groups in total. The molecule has 1 aromatic heterocycles. The molecule has 0 bridgehead atoms. The zero-order chi connectivity index (χ0) is 13.1. The fourth-order valence-corrected chi connectivity index (χ4v) is 2.53. The van der Waals surface area contributed by atoms with Crippen LogP contribution in [0.5, 0.6) is 0 Å². The highest BCUT2D eigenvalue weighted by molar-refractivity contribution is 5.88. The maximum atomic E-state index is 11.0. The Morgan fingerprint density at radius 3 is 2.94 bits per heavy atom. The van der Waals surface area contributed by atoms with Crippen molar-refractivity contribution in [3.05, 3.63) is 23.2 Å². The van der Waals surface area contributed by atoms with Crippen molar-refractivity contribution in [3.8, 4) is 0 Å². The number of likely N-dealkylation sites (tertiary alicyclic amines) is 1. The molecule has 2 rings (SSSR count). The number of hydrogen-bond acceptors (Lipinski definition) is 3. The van der Waals surface area contributed by atoms with Crippen molar-refractivity contribution in [2.45, 2.75) is 39.7 Å². The number of carboxylic acids is 1. The predicted octanol–water partition coefficient (Wildman–Crippen LogP) is 2.91. The number of furan rings is 1. The maximum absolute atomic E-state index is 11.0. The quantitative estimate of drug-likeness (QED) is 0.897. The lowest BCUT2D eigenvalue weighted by atomic mass is 10.0. The first-order valence-electron chi connectivity index (χ1n) is 6.61. The van der Waals surface area contributed by atoms with Crippen LogP contribution in [-0.4, -0.2) is 29.1 Å². The number of aryl methyl sites for hydroxylation is 1. The fraction of sp³-hybridized carbons (Fsp3) is 0.643. The molecule has 0 aromatic carbocycles. The summed E-state index contributed by atoms with van der Waals surface area (Å²) in [6.07, 6.45) is 3.71.